The molecule has 0 saturated heterocycles. The van der Waals surface area contributed by atoms with Crippen molar-refractivity contribution >= 4 is 38.8 Å². The second-order valence-corrected chi connectivity index (χ2v) is 10.2. The summed E-state index contributed by atoms with van der Waals surface area (Å²) in [5.41, 5.74) is 2.73. The minimum Gasteiger partial charge on any atom is -0.477 e. The third kappa shape index (κ3) is 4.31. The van der Waals surface area contributed by atoms with E-state index in [1.54, 1.807) is 24.0 Å². The molecule has 8 nitrogen and oxygen atoms in total. The van der Waals surface area contributed by atoms with Gasteiger partial charge in [-0.2, -0.15) is 9.49 Å². The van der Waals surface area contributed by atoms with Crippen molar-refractivity contribution in [3.05, 3.63) is 52.5 Å². The summed E-state index contributed by atoms with van der Waals surface area (Å²) in [7, 11) is 1.77. The predicted molar refractivity (Wildman–Crippen MR) is 133 cm³/mol. The van der Waals surface area contributed by atoms with E-state index in [2.05, 4.69) is 35.9 Å². The number of hydrogen-bond acceptors (Lipinski definition) is 5. The number of aromatic nitrogens is 5. The van der Waals surface area contributed by atoms with Crippen LogP contribution < -0.4 is 10.1 Å². The van der Waals surface area contributed by atoms with Crippen LogP contribution in [0.5, 0.6) is 5.88 Å². The molecule has 3 aromatic heterocycles. The summed E-state index contributed by atoms with van der Waals surface area (Å²) in [5, 5.41) is 7.20. The first kappa shape index (κ1) is 22.2. The Balaban J connectivity index is 1.47. The Hall–Kier alpha value is -3.27. The zero-order valence-corrected chi connectivity index (χ0v) is 20.8. The number of amides is 1. The van der Waals surface area contributed by atoms with Crippen LogP contribution in [0.2, 0.25) is 0 Å². The Morgan fingerprint density at radius 3 is 2.83 bits per heavy atom. The normalized spacial score (nSPS) is 18.7. The summed E-state index contributed by atoms with van der Waals surface area (Å²) in [5.74, 6) is 0.859. The summed E-state index contributed by atoms with van der Waals surface area (Å²) in [6.07, 6.45) is 5.87. The van der Waals surface area contributed by atoms with Crippen LogP contribution in [-0.2, 0) is 13.6 Å². The van der Waals surface area contributed by atoms with Crippen molar-refractivity contribution in [1.29, 1.82) is 0 Å². The third-order valence-corrected chi connectivity index (χ3v) is 7.31. The average Bonchev–Trinajstić information content (AvgIpc) is 3.53. The van der Waals surface area contributed by atoms with Gasteiger partial charge in [0.15, 0.2) is 0 Å². The molecule has 2 bridgehead atoms. The van der Waals surface area contributed by atoms with E-state index in [-0.39, 0.29) is 5.56 Å². The Morgan fingerprint density at radius 2 is 2.00 bits per heavy atom. The first-order valence-electron chi connectivity index (χ1n) is 11.8. The Labute approximate surface area is 209 Å². The molecule has 1 aromatic carbocycles. The molecular formula is C25H24BrFN6O2. The fraction of sp³-hybridized carbons (Fsp3) is 0.360. The van der Waals surface area contributed by atoms with Gasteiger partial charge >= 0.3 is 0 Å². The van der Waals surface area contributed by atoms with E-state index in [1.165, 1.54) is 12.8 Å². The number of halogens is 2. The molecule has 1 saturated carbocycles. The summed E-state index contributed by atoms with van der Waals surface area (Å²) >= 11 is 3.51. The van der Waals surface area contributed by atoms with Gasteiger partial charge in [-0.3, -0.25) is 10.1 Å². The highest BCUT2D eigenvalue weighted by Gasteiger charge is 2.32. The number of fused-ring (bicyclic) bond motifs is 7. The van der Waals surface area contributed by atoms with E-state index < -0.39 is 11.9 Å². The molecule has 10 heteroatoms. The number of anilines is 1. The number of pyridine rings is 1. The van der Waals surface area contributed by atoms with Gasteiger partial charge in [-0.1, -0.05) is 15.9 Å². The highest BCUT2D eigenvalue weighted by molar-refractivity contribution is 9.10. The van der Waals surface area contributed by atoms with Crippen LogP contribution in [0.4, 0.5) is 10.3 Å². The number of nitrogens with zero attached hydrogens (tertiary/aromatic N) is 5. The van der Waals surface area contributed by atoms with Gasteiger partial charge < -0.3 is 9.30 Å². The minimum atomic E-state index is -0.752. The van der Waals surface area contributed by atoms with Gasteiger partial charge in [0.2, 0.25) is 17.8 Å². The van der Waals surface area contributed by atoms with Crippen LogP contribution in [-0.4, -0.2) is 36.8 Å². The zero-order valence-electron chi connectivity index (χ0n) is 19.2. The quantitative estimate of drug-likeness (QED) is 0.337. The molecule has 1 aliphatic carbocycles. The van der Waals surface area contributed by atoms with Crippen LogP contribution in [0.15, 0.2) is 41.0 Å². The van der Waals surface area contributed by atoms with Crippen molar-refractivity contribution in [1.82, 2.24) is 24.3 Å². The fourth-order valence-electron chi connectivity index (χ4n) is 4.89. The van der Waals surface area contributed by atoms with E-state index in [1.807, 2.05) is 18.2 Å². The molecule has 0 unspecified atom stereocenters. The third-order valence-electron chi connectivity index (χ3n) is 6.82. The maximum Gasteiger partial charge on any atom is 0.258 e. The standard InChI is InChI=1S/C25H24BrFN6O2/c1-32-24-18(12-28-32)19-9-16(10-22(27)29-19)23(34)31-25-30-20-11-17(26)6-7-21(20)33(25)13-15(14-4-5-14)3-2-8-35-24/h6-7,9-12,14-15H,2-5,8,13H2,1H3,(H,30,31,34)/t15-/m1/s1. The summed E-state index contributed by atoms with van der Waals surface area (Å²) in [6, 6.07) is 8.61. The van der Waals surface area contributed by atoms with Gasteiger partial charge in [0.25, 0.3) is 5.91 Å². The number of nitrogens with one attached hydrogen (secondary N) is 1. The number of rotatable bonds is 1. The minimum absolute atomic E-state index is 0.149. The van der Waals surface area contributed by atoms with Crippen molar-refractivity contribution < 1.29 is 13.9 Å². The van der Waals surface area contributed by atoms with Gasteiger partial charge in [0.05, 0.1) is 35.1 Å². The number of ether oxygens (including phenoxy) is 1. The molecule has 1 amide bonds. The van der Waals surface area contributed by atoms with Gasteiger partial charge in [-0.15, -0.1) is 0 Å². The van der Waals surface area contributed by atoms with Crippen molar-refractivity contribution in [2.24, 2.45) is 18.9 Å². The molecule has 0 radical (unpaired) electrons. The lowest BCUT2D eigenvalue weighted by Gasteiger charge is -2.19. The average molecular weight is 539 g/mol. The van der Waals surface area contributed by atoms with Crippen molar-refractivity contribution in [3.63, 3.8) is 0 Å². The Kier molecular flexibility index (Phi) is 5.55. The number of aryl methyl sites for hydroxylation is 1. The van der Waals surface area contributed by atoms with Crippen LogP contribution in [0, 0.1) is 17.8 Å². The van der Waals surface area contributed by atoms with Gasteiger partial charge in [0, 0.05) is 29.7 Å². The number of carbonyl (C=O) groups excluding carboxylic acids is 1. The summed E-state index contributed by atoms with van der Waals surface area (Å²) in [4.78, 5) is 22.0. The molecular weight excluding hydrogens is 515 g/mol. The van der Waals surface area contributed by atoms with Crippen LogP contribution in [0.1, 0.15) is 36.0 Å². The van der Waals surface area contributed by atoms with Gasteiger partial charge in [0.1, 0.15) is 0 Å². The molecule has 1 fully saturated rings. The molecule has 2 aliphatic rings. The van der Waals surface area contributed by atoms with E-state index in [0.717, 1.165) is 41.0 Å². The second kappa shape index (κ2) is 8.75. The lowest BCUT2D eigenvalue weighted by Crippen LogP contribution is -2.20. The molecule has 180 valence electrons. The molecule has 1 atom stereocenters. The first-order chi connectivity index (χ1) is 17.0. The second-order valence-electron chi connectivity index (χ2n) is 9.27. The highest BCUT2D eigenvalue weighted by atomic mass is 79.9. The van der Waals surface area contributed by atoms with E-state index in [4.69, 9.17) is 9.72 Å². The Morgan fingerprint density at radius 1 is 1.14 bits per heavy atom. The lowest BCUT2D eigenvalue weighted by atomic mass is 9.97. The molecule has 6 rings (SSSR count). The van der Waals surface area contributed by atoms with Gasteiger partial charge in [-0.25, -0.2) is 14.6 Å². The van der Waals surface area contributed by atoms with E-state index >= 15 is 0 Å². The van der Waals surface area contributed by atoms with Crippen LogP contribution >= 0.6 is 15.9 Å². The molecule has 35 heavy (non-hydrogen) atoms. The summed E-state index contributed by atoms with van der Waals surface area (Å²) < 4.78 is 25.2. The first-order valence-corrected chi connectivity index (χ1v) is 12.6. The molecule has 0 spiro atoms. The number of hydrogen-bond donors (Lipinski definition) is 1. The molecule has 4 heterocycles. The topological polar surface area (TPSA) is 86.9 Å². The maximum atomic E-state index is 14.5. The number of benzene rings is 1. The van der Waals surface area contributed by atoms with Gasteiger partial charge in [-0.05, 0) is 61.8 Å². The van der Waals surface area contributed by atoms with Crippen molar-refractivity contribution in [2.75, 3.05) is 11.9 Å². The zero-order chi connectivity index (χ0) is 24.1. The van der Waals surface area contributed by atoms with Crippen LogP contribution in [0.25, 0.3) is 22.3 Å². The monoisotopic (exact) mass is 538 g/mol. The number of carbonyl (C=O) groups is 1. The lowest BCUT2D eigenvalue weighted by molar-refractivity contribution is 0.102. The molecule has 1 N–H and O–H groups in total. The fourth-order valence-corrected chi connectivity index (χ4v) is 5.24. The van der Waals surface area contributed by atoms with E-state index in [0.29, 0.717) is 41.5 Å². The SMILES string of the molecule is Cn1ncc2c1OCCC[C@@H](C1CC1)Cn1c(nc3cc(Br)ccc31)NC(=O)c1cc(F)nc-2c1. The summed E-state index contributed by atoms with van der Waals surface area (Å²) in [6.45, 7) is 1.25. The Bertz CT molecular complexity index is 1440. The van der Waals surface area contributed by atoms with Crippen LogP contribution in [0.3, 0.4) is 0 Å². The molecule has 1 aliphatic heterocycles. The van der Waals surface area contributed by atoms with Crippen molar-refractivity contribution in [2.45, 2.75) is 32.2 Å². The molecule has 4 aromatic rings. The number of imidazole rings is 1. The van der Waals surface area contributed by atoms with Crippen molar-refractivity contribution in [3.8, 4) is 17.1 Å². The highest BCUT2D eigenvalue weighted by Crippen LogP contribution is 2.41. The predicted octanol–water partition coefficient (Wildman–Crippen LogP) is 5.18. The van der Waals surface area contributed by atoms with E-state index in [9.17, 15) is 9.18 Å². The smallest absolute Gasteiger partial charge is 0.258 e. The maximum absolute atomic E-state index is 14.5. The largest absolute Gasteiger partial charge is 0.477 e.